The number of hydrogen-bond donors (Lipinski definition) is 2. The van der Waals surface area contributed by atoms with Crippen molar-refractivity contribution < 1.29 is 9.59 Å². The van der Waals surface area contributed by atoms with Gasteiger partial charge in [0.05, 0.1) is 6.04 Å². The van der Waals surface area contributed by atoms with Crippen molar-refractivity contribution in [1.82, 2.24) is 10.6 Å². The summed E-state index contributed by atoms with van der Waals surface area (Å²) in [4.78, 5) is 24.9. The highest BCUT2D eigenvalue weighted by Gasteiger charge is 2.27. The minimum absolute atomic E-state index is 0.0650. The molecular formula is C15H21N3O2. The van der Waals surface area contributed by atoms with Gasteiger partial charge in [0.15, 0.2) is 0 Å². The lowest BCUT2D eigenvalue weighted by molar-refractivity contribution is -0.134. The highest BCUT2D eigenvalue weighted by atomic mass is 16.2. The maximum absolute atomic E-state index is 11.7. The quantitative estimate of drug-likeness (QED) is 0.811. The van der Waals surface area contributed by atoms with Gasteiger partial charge in [0, 0.05) is 32.2 Å². The van der Waals surface area contributed by atoms with Crippen LogP contribution in [0.25, 0.3) is 0 Å². The van der Waals surface area contributed by atoms with E-state index in [0.717, 1.165) is 11.3 Å². The molecule has 108 valence electrons. The number of rotatable bonds is 4. The summed E-state index contributed by atoms with van der Waals surface area (Å²) < 4.78 is 0. The Morgan fingerprint density at radius 3 is 2.45 bits per heavy atom. The van der Waals surface area contributed by atoms with Crippen LogP contribution < -0.4 is 15.5 Å². The largest absolute Gasteiger partial charge is 0.378 e. The number of piperidine rings is 1. The normalized spacial score (nSPS) is 20.4. The van der Waals surface area contributed by atoms with Crippen molar-refractivity contribution in [2.45, 2.75) is 31.8 Å². The minimum atomic E-state index is -0.295. The van der Waals surface area contributed by atoms with Crippen molar-refractivity contribution >= 4 is 17.5 Å². The second-order valence-electron chi connectivity index (χ2n) is 5.38. The van der Waals surface area contributed by atoms with Crippen LogP contribution in [0.2, 0.25) is 0 Å². The molecule has 0 spiro atoms. The summed E-state index contributed by atoms with van der Waals surface area (Å²) in [5, 5.41) is 5.64. The molecule has 5 heteroatoms. The molecule has 0 aliphatic carbocycles. The lowest BCUT2D eigenvalue weighted by Gasteiger charge is -2.26. The van der Waals surface area contributed by atoms with E-state index in [1.165, 1.54) is 0 Å². The molecule has 1 aliphatic heterocycles. The van der Waals surface area contributed by atoms with E-state index in [1.807, 2.05) is 25.9 Å². The summed E-state index contributed by atoms with van der Waals surface area (Å²) in [6, 6.07) is 7.99. The van der Waals surface area contributed by atoms with Gasteiger partial charge in [0.25, 0.3) is 0 Å². The number of benzene rings is 1. The molecule has 0 bridgehead atoms. The Morgan fingerprint density at radius 1 is 1.25 bits per heavy atom. The lowest BCUT2D eigenvalue weighted by Crippen LogP contribution is -2.51. The Kier molecular flexibility index (Phi) is 4.39. The van der Waals surface area contributed by atoms with E-state index in [2.05, 4.69) is 34.9 Å². The van der Waals surface area contributed by atoms with Crippen LogP contribution in [-0.2, 0) is 9.59 Å². The van der Waals surface area contributed by atoms with Crippen molar-refractivity contribution in [2.24, 2.45) is 0 Å². The number of imide groups is 1. The van der Waals surface area contributed by atoms with Gasteiger partial charge < -0.3 is 4.90 Å². The molecule has 2 rings (SSSR count). The predicted octanol–water partition coefficient (Wildman–Crippen LogP) is 1.21. The van der Waals surface area contributed by atoms with E-state index >= 15 is 0 Å². The smallest absolute Gasteiger partial charge is 0.243 e. The lowest BCUT2D eigenvalue weighted by atomic mass is 10.0. The number of nitrogens with one attached hydrogen (secondary N) is 2. The molecule has 1 saturated heterocycles. The summed E-state index contributed by atoms with van der Waals surface area (Å²) in [5.74, 6) is -0.408. The summed E-state index contributed by atoms with van der Waals surface area (Å²) >= 11 is 0. The van der Waals surface area contributed by atoms with Crippen LogP contribution in [-0.4, -0.2) is 32.0 Å². The van der Waals surface area contributed by atoms with Gasteiger partial charge in [-0.15, -0.1) is 0 Å². The third-order valence-corrected chi connectivity index (χ3v) is 3.60. The van der Waals surface area contributed by atoms with Crippen LogP contribution in [0.4, 0.5) is 5.69 Å². The maximum atomic E-state index is 11.7. The number of carbonyl (C=O) groups is 2. The van der Waals surface area contributed by atoms with Gasteiger partial charge in [-0.05, 0) is 31.0 Å². The molecule has 2 N–H and O–H groups in total. The molecule has 1 aliphatic rings. The van der Waals surface area contributed by atoms with Gasteiger partial charge in [0.1, 0.15) is 0 Å². The van der Waals surface area contributed by atoms with Gasteiger partial charge >= 0.3 is 0 Å². The SMILES string of the molecule is CC(NC1CCC(=O)NC1=O)c1ccc(N(C)C)cc1. The predicted molar refractivity (Wildman–Crippen MR) is 78.5 cm³/mol. The van der Waals surface area contributed by atoms with Crippen LogP contribution in [0, 0.1) is 0 Å². The van der Waals surface area contributed by atoms with Gasteiger partial charge in [-0.2, -0.15) is 0 Å². The Labute approximate surface area is 119 Å². The van der Waals surface area contributed by atoms with Gasteiger partial charge in [-0.1, -0.05) is 12.1 Å². The van der Waals surface area contributed by atoms with Crippen molar-refractivity contribution in [2.75, 3.05) is 19.0 Å². The third-order valence-electron chi connectivity index (χ3n) is 3.60. The zero-order valence-electron chi connectivity index (χ0n) is 12.1. The number of anilines is 1. The van der Waals surface area contributed by atoms with E-state index in [4.69, 9.17) is 0 Å². The highest BCUT2D eigenvalue weighted by Crippen LogP contribution is 2.19. The Balaban J connectivity index is 1.99. The number of nitrogens with zero attached hydrogens (tertiary/aromatic N) is 1. The zero-order chi connectivity index (χ0) is 14.7. The molecule has 1 aromatic rings. The fourth-order valence-corrected chi connectivity index (χ4v) is 2.31. The van der Waals surface area contributed by atoms with Crippen LogP contribution >= 0.6 is 0 Å². The van der Waals surface area contributed by atoms with Gasteiger partial charge in [-0.3, -0.25) is 20.2 Å². The Bertz CT molecular complexity index is 496. The average Bonchev–Trinajstić information content (AvgIpc) is 2.42. The first-order valence-electron chi connectivity index (χ1n) is 6.84. The van der Waals surface area contributed by atoms with Crippen molar-refractivity contribution in [3.8, 4) is 0 Å². The molecule has 20 heavy (non-hydrogen) atoms. The van der Waals surface area contributed by atoms with Gasteiger partial charge in [-0.25, -0.2) is 0 Å². The fourth-order valence-electron chi connectivity index (χ4n) is 2.31. The monoisotopic (exact) mass is 275 g/mol. The Morgan fingerprint density at radius 2 is 1.90 bits per heavy atom. The first kappa shape index (κ1) is 14.5. The number of amides is 2. The molecule has 2 unspecified atom stereocenters. The fraction of sp³-hybridized carbons (Fsp3) is 0.467. The molecule has 1 fully saturated rings. The molecule has 1 aromatic carbocycles. The van der Waals surface area contributed by atoms with Crippen LogP contribution in [0.1, 0.15) is 31.4 Å². The second kappa shape index (κ2) is 6.05. The topological polar surface area (TPSA) is 61.4 Å². The van der Waals surface area contributed by atoms with Crippen molar-refractivity contribution in [1.29, 1.82) is 0 Å². The van der Waals surface area contributed by atoms with Crippen molar-refractivity contribution in [3.05, 3.63) is 29.8 Å². The molecule has 1 heterocycles. The summed E-state index contributed by atoms with van der Waals surface area (Å²) in [7, 11) is 4.00. The zero-order valence-corrected chi connectivity index (χ0v) is 12.1. The standard InChI is InChI=1S/C15H21N3O2/c1-10(11-4-6-12(7-5-11)18(2)3)16-13-8-9-14(19)17-15(13)20/h4-7,10,13,16H,8-9H2,1-3H3,(H,17,19,20). The summed E-state index contributed by atoms with van der Waals surface area (Å²) in [6.07, 6.45) is 0.959. The van der Waals surface area contributed by atoms with Crippen LogP contribution in [0.3, 0.4) is 0 Å². The summed E-state index contributed by atoms with van der Waals surface area (Å²) in [5.41, 5.74) is 2.27. The van der Waals surface area contributed by atoms with E-state index < -0.39 is 0 Å². The second-order valence-corrected chi connectivity index (χ2v) is 5.38. The molecule has 0 radical (unpaired) electrons. The first-order chi connectivity index (χ1) is 9.47. The molecule has 5 nitrogen and oxygen atoms in total. The average molecular weight is 275 g/mol. The maximum Gasteiger partial charge on any atom is 0.243 e. The van der Waals surface area contributed by atoms with Gasteiger partial charge in [0.2, 0.25) is 11.8 Å². The number of hydrogen-bond acceptors (Lipinski definition) is 4. The first-order valence-corrected chi connectivity index (χ1v) is 6.84. The number of carbonyl (C=O) groups excluding carboxylic acids is 2. The van der Waals surface area contributed by atoms with Crippen LogP contribution in [0.5, 0.6) is 0 Å². The van der Waals surface area contributed by atoms with E-state index in [1.54, 1.807) is 0 Å². The Hall–Kier alpha value is -1.88. The van der Waals surface area contributed by atoms with E-state index in [9.17, 15) is 9.59 Å². The van der Waals surface area contributed by atoms with Crippen LogP contribution in [0.15, 0.2) is 24.3 Å². The molecule has 0 aromatic heterocycles. The highest BCUT2D eigenvalue weighted by molar-refractivity contribution is 6.00. The molecule has 2 amide bonds. The molecular weight excluding hydrogens is 254 g/mol. The van der Waals surface area contributed by atoms with E-state index in [0.29, 0.717) is 12.8 Å². The molecule has 0 saturated carbocycles. The minimum Gasteiger partial charge on any atom is -0.378 e. The molecule has 2 atom stereocenters. The van der Waals surface area contributed by atoms with E-state index in [-0.39, 0.29) is 23.9 Å². The van der Waals surface area contributed by atoms with Crippen molar-refractivity contribution in [3.63, 3.8) is 0 Å². The third kappa shape index (κ3) is 3.36. The summed E-state index contributed by atoms with van der Waals surface area (Å²) in [6.45, 7) is 2.02.